The first-order valence-electron chi connectivity index (χ1n) is 6.54. The Morgan fingerprint density at radius 3 is 2.64 bits per heavy atom. The third kappa shape index (κ3) is 3.95. The molecule has 2 aromatic rings. The van der Waals surface area contributed by atoms with E-state index in [0.29, 0.717) is 16.4 Å². The van der Waals surface area contributed by atoms with E-state index in [4.69, 9.17) is 11.6 Å². The zero-order valence-corrected chi connectivity index (χ0v) is 12.5. The summed E-state index contributed by atoms with van der Waals surface area (Å²) in [6.45, 7) is 1.66. The summed E-state index contributed by atoms with van der Waals surface area (Å²) < 4.78 is 0. The minimum atomic E-state index is -0.585. The number of nitro benzene ring substituents is 1. The van der Waals surface area contributed by atoms with E-state index in [2.05, 4.69) is 10.6 Å². The topological polar surface area (TPSA) is 84.3 Å². The summed E-state index contributed by atoms with van der Waals surface area (Å²) in [5.74, 6) is -0.292. The van der Waals surface area contributed by atoms with Gasteiger partial charge in [0.15, 0.2) is 0 Å². The van der Waals surface area contributed by atoms with Crippen LogP contribution in [0.1, 0.15) is 6.92 Å². The first kappa shape index (κ1) is 15.8. The van der Waals surface area contributed by atoms with Gasteiger partial charge in [-0.1, -0.05) is 29.8 Å². The normalized spacial score (nSPS) is 11.5. The van der Waals surface area contributed by atoms with Crippen LogP contribution in [0.2, 0.25) is 5.02 Å². The Bertz CT molecular complexity index is 706. The van der Waals surface area contributed by atoms with Crippen molar-refractivity contribution in [3.05, 3.63) is 63.7 Å². The van der Waals surface area contributed by atoms with Crippen LogP contribution in [0.15, 0.2) is 48.5 Å². The molecule has 114 valence electrons. The summed E-state index contributed by atoms with van der Waals surface area (Å²) in [5, 5.41) is 16.8. The summed E-state index contributed by atoms with van der Waals surface area (Å²) in [5.41, 5.74) is 0.974. The molecule has 0 unspecified atom stereocenters. The summed E-state index contributed by atoms with van der Waals surface area (Å²) in [7, 11) is 0. The molecular weight excluding hydrogens is 306 g/mol. The van der Waals surface area contributed by atoms with Gasteiger partial charge in [0.2, 0.25) is 5.91 Å². The van der Waals surface area contributed by atoms with Gasteiger partial charge in [-0.2, -0.15) is 0 Å². The van der Waals surface area contributed by atoms with Crippen LogP contribution in [0.3, 0.4) is 0 Å². The average molecular weight is 320 g/mol. The molecule has 22 heavy (non-hydrogen) atoms. The van der Waals surface area contributed by atoms with E-state index < -0.39 is 11.0 Å². The summed E-state index contributed by atoms with van der Waals surface area (Å²) in [6, 6.07) is 12.3. The van der Waals surface area contributed by atoms with Gasteiger partial charge in [0.1, 0.15) is 6.04 Å². The van der Waals surface area contributed by atoms with Crippen LogP contribution in [0, 0.1) is 10.1 Å². The van der Waals surface area contributed by atoms with Gasteiger partial charge < -0.3 is 10.6 Å². The number of benzene rings is 2. The Kier molecular flexibility index (Phi) is 4.95. The molecule has 0 aliphatic carbocycles. The summed E-state index contributed by atoms with van der Waals surface area (Å²) >= 11 is 5.98. The van der Waals surface area contributed by atoms with Gasteiger partial charge >= 0.3 is 0 Å². The van der Waals surface area contributed by atoms with Crippen LogP contribution in [0.5, 0.6) is 0 Å². The zero-order chi connectivity index (χ0) is 16.1. The molecule has 1 atom stereocenters. The SMILES string of the molecule is C[C@H](Nc1cccc([N+](=O)[O-])c1)C(=O)Nc1ccccc1Cl. The Labute approximate surface area is 132 Å². The monoisotopic (exact) mass is 319 g/mol. The van der Waals surface area contributed by atoms with E-state index in [1.807, 2.05) is 0 Å². The molecule has 6 nitrogen and oxygen atoms in total. The van der Waals surface area contributed by atoms with Gasteiger partial charge in [0.25, 0.3) is 5.69 Å². The number of amides is 1. The van der Waals surface area contributed by atoms with Crippen molar-refractivity contribution in [3.63, 3.8) is 0 Å². The fourth-order valence-corrected chi connectivity index (χ4v) is 2.01. The van der Waals surface area contributed by atoms with Crippen molar-refractivity contribution in [1.29, 1.82) is 0 Å². The molecule has 2 N–H and O–H groups in total. The number of halogens is 1. The average Bonchev–Trinajstić information content (AvgIpc) is 2.49. The molecule has 0 fully saturated rings. The van der Waals surface area contributed by atoms with Gasteiger partial charge in [-0.05, 0) is 25.1 Å². The summed E-state index contributed by atoms with van der Waals surface area (Å²) in [6.07, 6.45) is 0. The largest absolute Gasteiger partial charge is 0.374 e. The number of hydrogen-bond donors (Lipinski definition) is 2. The number of rotatable bonds is 5. The van der Waals surface area contributed by atoms with E-state index in [9.17, 15) is 14.9 Å². The van der Waals surface area contributed by atoms with Gasteiger partial charge in [-0.25, -0.2) is 0 Å². The second kappa shape index (κ2) is 6.91. The van der Waals surface area contributed by atoms with E-state index in [1.54, 1.807) is 43.3 Å². The molecule has 0 saturated heterocycles. The second-order valence-electron chi connectivity index (χ2n) is 4.64. The second-order valence-corrected chi connectivity index (χ2v) is 5.05. The van der Waals surface area contributed by atoms with Crippen LogP contribution in [-0.4, -0.2) is 16.9 Å². The van der Waals surface area contributed by atoms with Crippen LogP contribution in [0.4, 0.5) is 17.1 Å². The molecule has 0 aliphatic rings. The van der Waals surface area contributed by atoms with E-state index in [-0.39, 0.29) is 11.6 Å². The number of nitro groups is 1. The van der Waals surface area contributed by atoms with Crippen molar-refractivity contribution in [2.24, 2.45) is 0 Å². The highest BCUT2D eigenvalue weighted by Gasteiger charge is 2.15. The molecular formula is C15H14ClN3O3. The predicted molar refractivity (Wildman–Crippen MR) is 86.3 cm³/mol. The van der Waals surface area contributed by atoms with Gasteiger partial charge in [0.05, 0.1) is 15.6 Å². The molecule has 0 bridgehead atoms. The lowest BCUT2D eigenvalue weighted by molar-refractivity contribution is -0.384. The quantitative estimate of drug-likeness (QED) is 0.650. The fourth-order valence-electron chi connectivity index (χ4n) is 1.83. The number of nitrogens with zero attached hydrogens (tertiary/aromatic N) is 1. The van der Waals surface area contributed by atoms with E-state index in [1.165, 1.54) is 12.1 Å². The first-order chi connectivity index (χ1) is 10.5. The third-order valence-corrected chi connectivity index (χ3v) is 3.29. The molecule has 2 rings (SSSR count). The Hall–Kier alpha value is -2.60. The Morgan fingerprint density at radius 2 is 1.95 bits per heavy atom. The lowest BCUT2D eigenvalue weighted by atomic mass is 10.2. The van der Waals surface area contributed by atoms with Crippen molar-refractivity contribution >= 4 is 34.6 Å². The van der Waals surface area contributed by atoms with Crippen LogP contribution in [-0.2, 0) is 4.79 Å². The lowest BCUT2D eigenvalue weighted by Gasteiger charge is -2.15. The lowest BCUT2D eigenvalue weighted by Crippen LogP contribution is -2.31. The smallest absolute Gasteiger partial charge is 0.271 e. The number of carbonyl (C=O) groups is 1. The number of para-hydroxylation sites is 1. The minimum Gasteiger partial charge on any atom is -0.374 e. The highest BCUT2D eigenvalue weighted by molar-refractivity contribution is 6.33. The molecule has 0 aromatic heterocycles. The maximum Gasteiger partial charge on any atom is 0.271 e. The number of anilines is 2. The van der Waals surface area contributed by atoms with Crippen molar-refractivity contribution in [3.8, 4) is 0 Å². The van der Waals surface area contributed by atoms with E-state index >= 15 is 0 Å². The fraction of sp³-hybridized carbons (Fsp3) is 0.133. The molecule has 0 saturated carbocycles. The number of non-ortho nitro benzene ring substituents is 1. The van der Waals surface area contributed by atoms with Gasteiger partial charge in [0, 0.05) is 17.8 Å². The van der Waals surface area contributed by atoms with Gasteiger partial charge in [-0.3, -0.25) is 14.9 Å². The molecule has 0 radical (unpaired) electrons. The number of hydrogen-bond acceptors (Lipinski definition) is 4. The Balaban J connectivity index is 2.04. The van der Waals surface area contributed by atoms with Crippen molar-refractivity contribution in [2.45, 2.75) is 13.0 Å². The van der Waals surface area contributed by atoms with Crippen molar-refractivity contribution in [1.82, 2.24) is 0 Å². The first-order valence-corrected chi connectivity index (χ1v) is 6.91. The zero-order valence-electron chi connectivity index (χ0n) is 11.7. The van der Waals surface area contributed by atoms with E-state index in [0.717, 1.165) is 0 Å². The third-order valence-electron chi connectivity index (χ3n) is 2.97. The Morgan fingerprint density at radius 1 is 1.23 bits per heavy atom. The highest BCUT2D eigenvalue weighted by Crippen LogP contribution is 2.21. The molecule has 0 spiro atoms. The van der Waals surface area contributed by atoms with Crippen LogP contribution >= 0.6 is 11.6 Å². The molecule has 0 heterocycles. The van der Waals surface area contributed by atoms with Crippen LogP contribution < -0.4 is 10.6 Å². The molecule has 2 aromatic carbocycles. The summed E-state index contributed by atoms with van der Waals surface area (Å²) in [4.78, 5) is 22.4. The van der Waals surface area contributed by atoms with Gasteiger partial charge in [-0.15, -0.1) is 0 Å². The maximum absolute atomic E-state index is 12.1. The maximum atomic E-state index is 12.1. The van der Waals surface area contributed by atoms with Crippen LogP contribution in [0.25, 0.3) is 0 Å². The molecule has 0 aliphatic heterocycles. The molecule has 1 amide bonds. The standard InChI is InChI=1S/C15H14ClN3O3/c1-10(15(20)18-14-8-3-2-7-13(14)16)17-11-5-4-6-12(9-11)19(21)22/h2-10,17H,1H3,(H,18,20)/t10-/m0/s1. The molecule has 7 heteroatoms. The van der Waals surface area contributed by atoms with Crippen molar-refractivity contribution < 1.29 is 9.72 Å². The van der Waals surface area contributed by atoms with Crippen molar-refractivity contribution in [2.75, 3.05) is 10.6 Å². The number of carbonyl (C=O) groups excluding carboxylic acids is 1. The predicted octanol–water partition coefficient (Wildman–Crippen LogP) is 3.69. The highest BCUT2D eigenvalue weighted by atomic mass is 35.5. The number of nitrogens with one attached hydrogen (secondary N) is 2. The minimum absolute atomic E-state index is 0.0382.